The van der Waals surface area contributed by atoms with Crippen LogP contribution >= 0.6 is 0 Å². The van der Waals surface area contributed by atoms with Gasteiger partial charge in [0.2, 0.25) is 10.0 Å². The van der Waals surface area contributed by atoms with E-state index < -0.39 is 10.0 Å². The molecule has 0 atom stereocenters. The van der Waals surface area contributed by atoms with Crippen LogP contribution in [0.3, 0.4) is 0 Å². The first-order valence-electron chi connectivity index (χ1n) is 8.23. The average molecular weight is 302 g/mol. The summed E-state index contributed by atoms with van der Waals surface area (Å²) in [6, 6.07) is 0. The molecule has 5 heteroatoms. The summed E-state index contributed by atoms with van der Waals surface area (Å²) in [6.45, 7) is 4.92. The second-order valence-corrected chi connectivity index (χ2v) is 8.61. The van der Waals surface area contributed by atoms with Gasteiger partial charge in [-0.1, -0.05) is 19.8 Å². The monoisotopic (exact) mass is 302 g/mol. The van der Waals surface area contributed by atoms with Gasteiger partial charge in [0.25, 0.3) is 0 Å². The fourth-order valence-electron chi connectivity index (χ4n) is 3.61. The number of piperidine rings is 1. The van der Waals surface area contributed by atoms with E-state index in [1.54, 1.807) is 0 Å². The normalized spacial score (nSPS) is 24.1. The van der Waals surface area contributed by atoms with Crippen molar-refractivity contribution in [1.82, 2.24) is 10.0 Å². The van der Waals surface area contributed by atoms with Crippen molar-refractivity contribution in [1.29, 1.82) is 0 Å². The molecule has 2 fully saturated rings. The summed E-state index contributed by atoms with van der Waals surface area (Å²) in [7, 11) is -3.09. The Morgan fingerprint density at radius 3 is 2.45 bits per heavy atom. The Balaban J connectivity index is 1.75. The molecule has 0 amide bonds. The Morgan fingerprint density at radius 2 is 1.85 bits per heavy atom. The van der Waals surface area contributed by atoms with Gasteiger partial charge in [0, 0.05) is 6.54 Å². The number of hydrogen-bond acceptors (Lipinski definition) is 3. The van der Waals surface area contributed by atoms with E-state index in [-0.39, 0.29) is 5.41 Å². The summed E-state index contributed by atoms with van der Waals surface area (Å²) in [5.74, 6) is 0.886. The van der Waals surface area contributed by atoms with E-state index in [1.165, 1.54) is 25.7 Å². The molecule has 1 aliphatic heterocycles. The van der Waals surface area contributed by atoms with Crippen molar-refractivity contribution in [2.75, 3.05) is 25.4 Å². The Kier molecular flexibility index (Phi) is 5.87. The van der Waals surface area contributed by atoms with Crippen LogP contribution in [0.4, 0.5) is 0 Å². The van der Waals surface area contributed by atoms with Crippen molar-refractivity contribution in [3.63, 3.8) is 0 Å². The minimum Gasteiger partial charge on any atom is -0.317 e. The average Bonchev–Trinajstić information content (AvgIpc) is 2.94. The molecule has 0 unspecified atom stereocenters. The second-order valence-electron chi connectivity index (χ2n) is 6.68. The molecule has 2 N–H and O–H groups in total. The van der Waals surface area contributed by atoms with Crippen LogP contribution in [-0.2, 0) is 10.0 Å². The lowest BCUT2D eigenvalue weighted by atomic mass is 9.84. The number of rotatable bonds is 7. The van der Waals surface area contributed by atoms with Crippen LogP contribution in [0, 0.1) is 11.3 Å². The molecular formula is C15H30N2O2S. The van der Waals surface area contributed by atoms with Crippen LogP contribution < -0.4 is 10.0 Å². The SMILES string of the molecule is CCC1(CNS(=O)(=O)CCC2CCNCC2)CCCC1. The number of hydrogen-bond donors (Lipinski definition) is 2. The Labute approximate surface area is 124 Å². The highest BCUT2D eigenvalue weighted by atomic mass is 32.2. The predicted molar refractivity (Wildman–Crippen MR) is 83.2 cm³/mol. The molecule has 0 aromatic carbocycles. The molecule has 1 saturated carbocycles. The molecule has 20 heavy (non-hydrogen) atoms. The quantitative estimate of drug-likeness (QED) is 0.758. The third-order valence-corrected chi connectivity index (χ3v) is 6.69. The fraction of sp³-hybridized carbons (Fsp3) is 1.00. The largest absolute Gasteiger partial charge is 0.317 e. The Morgan fingerprint density at radius 1 is 1.20 bits per heavy atom. The van der Waals surface area contributed by atoms with E-state index in [2.05, 4.69) is 17.0 Å². The minimum absolute atomic E-state index is 0.238. The highest BCUT2D eigenvalue weighted by Gasteiger charge is 2.33. The number of sulfonamides is 1. The molecule has 0 spiro atoms. The summed E-state index contributed by atoms with van der Waals surface area (Å²) in [5.41, 5.74) is 0.238. The van der Waals surface area contributed by atoms with Gasteiger partial charge in [-0.05, 0) is 62.9 Å². The van der Waals surface area contributed by atoms with Crippen LogP contribution in [-0.4, -0.2) is 33.8 Å². The summed E-state index contributed by atoms with van der Waals surface area (Å²) in [4.78, 5) is 0. The molecule has 118 valence electrons. The van der Waals surface area contributed by atoms with Crippen LogP contribution in [0.5, 0.6) is 0 Å². The van der Waals surface area contributed by atoms with Gasteiger partial charge < -0.3 is 5.32 Å². The van der Waals surface area contributed by atoms with Crippen LogP contribution in [0.15, 0.2) is 0 Å². The van der Waals surface area contributed by atoms with Crippen molar-refractivity contribution in [3.8, 4) is 0 Å². The standard InChI is InChI=1S/C15H30N2O2S/c1-2-15(8-3-4-9-15)13-17-20(18,19)12-7-14-5-10-16-11-6-14/h14,16-17H,2-13H2,1H3. The van der Waals surface area contributed by atoms with Gasteiger partial charge in [0.1, 0.15) is 0 Å². The van der Waals surface area contributed by atoms with Crippen LogP contribution in [0.25, 0.3) is 0 Å². The van der Waals surface area contributed by atoms with E-state index in [9.17, 15) is 8.42 Å². The zero-order valence-electron chi connectivity index (χ0n) is 12.8. The van der Waals surface area contributed by atoms with Crippen LogP contribution in [0.1, 0.15) is 58.3 Å². The maximum Gasteiger partial charge on any atom is 0.211 e. The summed E-state index contributed by atoms with van der Waals surface area (Å²) in [6.07, 6.45) is 9.01. The lowest BCUT2D eigenvalue weighted by Crippen LogP contribution is -2.37. The molecular weight excluding hydrogens is 272 g/mol. The molecule has 1 saturated heterocycles. The van der Waals surface area contributed by atoms with Crippen molar-refractivity contribution in [2.24, 2.45) is 11.3 Å². The van der Waals surface area contributed by atoms with E-state index in [1.807, 2.05) is 0 Å². The van der Waals surface area contributed by atoms with Gasteiger partial charge in [-0.3, -0.25) is 0 Å². The fourth-order valence-corrected chi connectivity index (χ4v) is 4.92. The maximum atomic E-state index is 12.2. The smallest absolute Gasteiger partial charge is 0.211 e. The van der Waals surface area contributed by atoms with Gasteiger partial charge in [0.15, 0.2) is 0 Å². The molecule has 1 heterocycles. The summed E-state index contributed by atoms with van der Waals surface area (Å²) >= 11 is 0. The van der Waals surface area contributed by atoms with E-state index in [0.29, 0.717) is 18.2 Å². The molecule has 0 bridgehead atoms. The molecule has 0 radical (unpaired) electrons. The molecule has 0 aromatic heterocycles. The lowest BCUT2D eigenvalue weighted by molar-refractivity contribution is 0.285. The van der Waals surface area contributed by atoms with Gasteiger partial charge in [-0.2, -0.15) is 0 Å². The second kappa shape index (κ2) is 7.23. The number of nitrogens with one attached hydrogen (secondary N) is 2. The third-order valence-electron chi connectivity index (χ3n) is 5.33. The Hall–Kier alpha value is -0.130. The lowest BCUT2D eigenvalue weighted by Gasteiger charge is -2.28. The van der Waals surface area contributed by atoms with E-state index >= 15 is 0 Å². The first-order chi connectivity index (χ1) is 9.55. The molecule has 1 aliphatic carbocycles. The predicted octanol–water partition coefficient (Wildman–Crippen LogP) is 2.27. The van der Waals surface area contributed by atoms with E-state index in [4.69, 9.17) is 0 Å². The first-order valence-corrected chi connectivity index (χ1v) is 9.89. The first kappa shape index (κ1) is 16.2. The highest BCUT2D eigenvalue weighted by molar-refractivity contribution is 7.89. The van der Waals surface area contributed by atoms with Crippen molar-refractivity contribution < 1.29 is 8.42 Å². The maximum absolute atomic E-state index is 12.2. The van der Waals surface area contributed by atoms with Gasteiger partial charge in [-0.15, -0.1) is 0 Å². The zero-order chi connectivity index (χ0) is 14.5. The summed E-state index contributed by atoms with van der Waals surface area (Å²) in [5, 5.41) is 3.32. The topological polar surface area (TPSA) is 58.2 Å². The van der Waals surface area contributed by atoms with E-state index in [0.717, 1.165) is 38.8 Å². The molecule has 0 aromatic rings. The van der Waals surface area contributed by atoms with Crippen molar-refractivity contribution >= 4 is 10.0 Å². The van der Waals surface area contributed by atoms with Gasteiger partial charge in [-0.25, -0.2) is 13.1 Å². The zero-order valence-corrected chi connectivity index (χ0v) is 13.6. The minimum atomic E-state index is -3.09. The molecule has 2 aliphatic rings. The molecule has 4 nitrogen and oxygen atoms in total. The third kappa shape index (κ3) is 4.71. The van der Waals surface area contributed by atoms with Crippen molar-refractivity contribution in [3.05, 3.63) is 0 Å². The Bertz CT molecular complexity index is 383. The van der Waals surface area contributed by atoms with Gasteiger partial charge in [0.05, 0.1) is 5.75 Å². The van der Waals surface area contributed by atoms with Gasteiger partial charge >= 0.3 is 0 Å². The van der Waals surface area contributed by atoms with Crippen molar-refractivity contribution in [2.45, 2.75) is 58.3 Å². The molecule has 2 rings (SSSR count). The summed E-state index contributed by atoms with van der Waals surface area (Å²) < 4.78 is 27.2. The van der Waals surface area contributed by atoms with Crippen LogP contribution in [0.2, 0.25) is 0 Å². The highest BCUT2D eigenvalue weighted by Crippen LogP contribution is 2.40.